The lowest BCUT2D eigenvalue weighted by atomic mass is 10.2. The van der Waals surface area contributed by atoms with Crippen LogP contribution in [0.25, 0.3) is 11.4 Å². The SMILES string of the molecule is Cc1ccc(-n2[nH]c(CSc3nnnn3-c3ccccc3)cc2=O)cc1. The number of hydrogen-bond acceptors (Lipinski definition) is 5. The molecule has 4 rings (SSSR count). The number of aromatic amines is 1. The van der Waals surface area contributed by atoms with Crippen LogP contribution in [0, 0.1) is 6.92 Å². The first-order chi connectivity index (χ1) is 12.7. The van der Waals surface area contributed by atoms with E-state index in [-0.39, 0.29) is 5.56 Å². The number of thioether (sulfide) groups is 1. The highest BCUT2D eigenvalue weighted by molar-refractivity contribution is 7.98. The number of H-pyrrole nitrogens is 1. The Hall–Kier alpha value is -3.13. The molecule has 2 heterocycles. The Labute approximate surface area is 153 Å². The van der Waals surface area contributed by atoms with Crippen molar-refractivity contribution in [2.45, 2.75) is 17.8 Å². The van der Waals surface area contributed by atoms with Crippen LogP contribution < -0.4 is 5.56 Å². The first kappa shape index (κ1) is 16.3. The van der Waals surface area contributed by atoms with Crippen molar-refractivity contribution in [3.8, 4) is 11.4 Å². The highest BCUT2D eigenvalue weighted by atomic mass is 32.2. The topological polar surface area (TPSA) is 81.4 Å². The maximum Gasteiger partial charge on any atom is 0.271 e. The predicted octanol–water partition coefficient (Wildman–Crippen LogP) is 2.74. The fraction of sp³-hybridized carbons (Fsp3) is 0.111. The van der Waals surface area contributed by atoms with E-state index in [0.717, 1.165) is 22.6 Å². The molecule has 1 N–H and O–H groups in total. The van der Waals surface area contributed by atoms with E-state index < -0.39 is 0 Å². The van der Waals surface area contributed by atoms with Crippen LogP contribution in [-0.4, -0.2) is 30.0 Å². The van der Waals surface area contributed by atoms with E-state index in [1.54, 1.807) is 10.7 Å². The van der Waals surface area contributed by atoms with Crippen LogP contribution in [0.1, 0.15) is 11.3 Å². The molecular formula is C18H16N6OS. The van der Waals surface area contributed by atoms with Crippen molar-refractivity contribution in [1.82, 2.24) is 30.0 Å². The second-order valence-corrected chi connectivity index (χ2v) is 6.73. The Bertz CT molecular complexity index is 1070. The van der Waals surface area contributed by atoms with Crippen molar-refractivity contribution in [3.05, 3.63) is 82.3 Å². The average molecular weight is 364 g/mol. The van der Waals surface area contributed by atoms with Gasteiger partial charge in [0.25, 0.3) is 5.56 Å². The van der Waals surface area contributed by atoms with Gasteiger partial charge in [0.2, 0.25) is 5.16 Å². The fourth-order valence-electron chi connectivity index (χ4n) is 2.55. The first-order valence-corrected chi connectivity index (χ1v) is 9.04. The zero-order valence-electron chi connectivity index (χ0n) is 14.0. The van der Waals surface area contributed by atoms with E-state index >= 15 is 0 Å². The number of aryl methyl sites for hydroxylation is 1. The lowest BCUT2D eigenvalue weighted by Crippen LogP contribution is -2.13. The summed E-state index contributed by atoms with van der Waals surface area (Å²) < 4.78 is 3.22. The third-order valence-corrected chi connectivity index (χ3v) is 4.83. The molecule has 0 spiro atoms. The molecule has 0 saturated carbocycles. The highest BCUT2D eigenvalue weighted by Gasteiger charge is 2.11. The summed E-state index contributed by atoms with van der Waals surface area (Å²) in [6, 6.07) is 19.1. The normalized spacial score (nSPS) is 11.0. The van der Waals surface area contributed by atoms with Crippen molar-refractivity contribution in [2.75, 3.05) is 0 Å². The average Bonchev–Trinajstić information content (AvgIpc) is 3.28. The minimum Gasteiger partial charge on any atom is -0.294 e. The van der Waals surface area contributed by atoms with E-state index in [0.29, 0.717) is 10.9 Å². The number of para-hydroxylation sites is 1. The molecule has 0 radical (unpaired) electrons. The van der Waals surface area contributed by atoms with E-state index in [2.05, 4.69) is 20.6 Å². The van der Waals surface area contributed by atoms with Crippen molar-refractivity contribution < 1.29 is 0 Å². The molecule has 0 unspecified atom stereocenters. The summed E-state index contributed by atoms with van der Waals surface area (Å²) in [6.45, 7) is 2.01. The lowest BCUT2D eigenvalue weighted by molar-refractivity contribution is 0.756. The number of rotatable bonds is 5. The number of nitrogens with zero attached hydrogens (tertiary/aromatic N) is 5. The van der Waals surface area contributed by atoms with Crippen LogP contribution >= 0.6 is 11.8 Å². The smallest absolute Gasteiger partial charge is 0.271 e. The van der Waals surface area contributed by atoms with Crippen LogP contribution in [0.4, 0.5) is 0 Å². The van der Waals surface area contributed by atoms with E-state index in [1.807, 2.05) is 61.5 Å². The van der Waals surface area contributed by atoms with Crippen molar-refractivity contribution in [2.24, 2.45) is 0 Å². The van der Waals surface area contributed by atoms with Gasteiger partial charge in [0.05, 0.1) is 11.4 Å². The quantitative estimate of drug-likeness (QED) is 0.551. The van der Waals surface area contributed by atoms with Gasteiger partial charge in [-0.25, -0.2) is 4.68 Å². The Morgan fingerprint density at radius 3 is 2.58 bits per heavy atom. The summed E-state index contributed by atoms with van der Waals surface area (Å²) in [7, 11) is 0. The first-order valence-electron chi connectivity index (χ1n) is 8.05. The molecular weight excluding hydrogens is 348 g/mol. The largest absolute Gasteiger partial charge is 0.294 e. The molecule has 0 amide bonds. The summed E-state index contributed by atoms with van der Waals surface area (Å²) >= 11 is 1.46. The Kier molecular flexibility index (Phi) is 4.40. The summed E-state index contributed by atoms with van der Waals surface area (Å²) in [4.78, 5) is 12.3. The molecule has 26 heavy (non-hydrogen) atoms. The second-order valence-electron chi connectivity index (χ2n) is 5.79. The molecule has 2 aromatic heterocycles. The molecule has 8 heteroatoms. The van der Waals surface area contributed by atoms with Crippen LogP contribution in [0.2, 0.25) is 0 Å². The summed E-state index contributed by atoms with van der Waals surface area (Å²) in [5, 5.41) is 15.7. The number of hydrogen-bond donors (Lipinski definition) is 1. The van der Waals surface area contributed by atoms with Crippen molar-refractivity contribution >= 4 is 11.8 Å². The molecule has 0 atom stereocenters. The molecule has 2 aromatic carbocycles. The van der Waals surface area contributed by atoms with Gasteiger partial charge in [0.1, 0.15) is 0 Å². The monoisotopic (exact) mass is 364 g/mol. The maximum atomic E-state index is 12.3. The van der Waals surface area contributed by atoms with Crippen molar-refractivity contribution in [1.29, 1.82) is 0 Å². The van der Waals surface area contributed by atoms with Gasteiger partial charge in [-0.2, -0.15) is 4.68 Å². The lowest BCUT2D eigenvalue weighted by Gasteiger charge is -2.04. The van der Waals surface area contributed by atoms with Gasteiger partial charge in [-0.15, -0.1) is 5.10 Å². The highest BCUT2D eigenvalue weighted by Crippen LogP contribution is 2.21. The molecule has 0 bridgehead atoms. The molecule has 130 valence electrons. The van der Waals surface area contributed by atoms with Gasteiger partial charge in [-0.1, -0.05) is 47.7 Å². The number of nitrogens with one attached hydrogen (secondary N) is 1. The van der Waals surface area contributed by atoms with Gasteiger partial charge in [-0.3, -0.25) is 9.89 Å². The Morgan fingerprint density at radius 1 is 1.04 bits per heavy atom. The summed E-state index contributed by atoms with van der Waals surface area (Å²) in [6.07, 6.45) is 0. The van der Waals surface area contributed by atoms with Gasteiger partial charge in [0.15, 0.2) is 0 Å². The van der Waals surface area contributed by atoms with E-state index in [9.17, 15) is 4.79 Å². The standard InChI is InChI=1S/C18H16N6OS/c1-13-7-9-16(10-8-13)23-17(25)11-14(20-23)12-26-18-19-21-22-24(18)15-5-3-2-4-6-15/h2-11,20H,12H2,1H3. The predicted molar refractivity (Wildman–Crippen MR) is 99.8 cm³/mol. The number of tetrazole rings is 1. The third-order valence-electron chi connectivity index (χ3n) is 3.86. The number of benzene rings is 2. The van der Waals surface area contributed by atoms with E-state index in [1.165, 1.54) is 16.4 Å². The molecule has 0 aliphatic carbocycles. The van der Waals surface area contributed by atoms with Gasteiger partial charge in [0, 0.05) is 17.5 Å². The van der Waals surface area contributed by atoms with Crippen LogP contribution in [0.5, 0.6) is 0 Å². The molecule has 0 fully saturated rings. The molecule has 0 aliphatic heterocycles. The number of aromatic nitrogens is 6. The molecule has 7 nitrogen and oxygen atoms in total. The minimum atomic E-state index is -0.0906. The minimum absolute atomic E-state index is 0.0906. The van der Waals surface area contributed by atoms with Crippen LogP contribution in [0.3, 0.4) is 0 Å². The van der Waals surface area contributed by atoms with Crippen LogP contribution in [0.15, 0.2) is 70.6 Å². The van der Waals surface area contributed by atoms with Gasteiger partial charge >= 0.3 is 0 Å². The third kappa shape index (κ3) is 3.31. The zero-order chi connectivity index (χ0) is 17.9. The second kappa shape index (κ2) is 7.01. The maximum absolute atomic E-state index is 12.3. The van der Waals surface area contributed by atoms with Gasteiger partial charge in [-0.05, 0) is 41.6 Å². The Morgan fingerprint density at radius 2 is 1.81 bits per heavy atom. The van der Waals surface area contributed by atoms with Crippen LogP contribution in [-0.2, 0) is 5.75 Å². The fourth-order valence-corrected chi connectivity index (χ4v) is 3.34. The zero-order valence-corrected chi connectivity index (χ0v) is 14.8. The summed E-state index contributed by atoms with van der Waals surface area (Å²) in [5.74, 6) is 0.557. The Balaban J connectivity index is 1.53. The van der Waals surface area contributed by atoms with E-state index in [4.69, 9.17) is 0 Å². The molecule has 0 aliphatic rings. The molecule has 4 aromatic rings. The summed E-state index contributed by atoms with van der Waals surface area (Å²) in [5.41, 5.74) is 3.57. The van der Waals surface area contributed by atoms with Gasteiger partial charge < -0.3 is 0 Å². The molecule has 0 saturated heterocycles. The van der Waals surface area contributed by atoms with Crippen molar-refractivity contribution in [3.63, 3.8) is 0 Å².